The zero-order chi connectivity index (χ0) is 20.1. The number of carbonyl (C=O) groups excluding carboxylic acids is 2. The number of nitrogens with one attached hydrogen (secondary N) is 1. The molecule has 2 aromatic carbocycles. The van der Waals surface area contributed by atoms with Gasteiger partial charge in [-0.25, -0.2) is 0 Å². The second-order valence-electron chi connectivity index (χ2n) is 6.53. The van der Waals surface area contributed by atoms with Crippen molar-refractivity contribution in [3.63, 3.8) is 0 Å². The van der Waals surface area contributed by atoms with Gasteiger partial charge in [0, 0.05) is 36.8 Å². The summed E-state index contributed by atoms with van der Waals surface area (Å²) >= 11 is 0. The maximum absolute atomic E-state index is 12.5. The highest BCUT2D eigenvalue weighted by molar-refractivity contribution is 5.96. The van der Waals surface area contributed by atoms with Crippen molar-refractivity contribution in [3.8, 4) is 5.75 Å². The van der Waals surface area contributed by atoms with E-state index in [-0.39, 0.29) is 29.5 Å². The van der Waals surface area contributed by atoms with Gasteiger partial charge in [-0.2, -0.15) is 0 Å². The Morgan fingerprint density at radius 1 is 1.14 bits per heavy atom. The summed E-state index contributed by atoms with van der Waals surface area (Å²) in [5, 5.41) is 13.8. The van der Waals surface area contributed by atoms with E-state index in [0.717, 1.165) is 31.5 Å². The summed E-state index contributed by atoms with van der Waals surface area (Å²) in [5.41, 5.74) is 1.26. The topological polar surface area (TPSA) is 102 Å². The second-order valence-corrected chi connectivity index (χ2v) is 6.53. The summed E-state index contributed by atoms with van der Waals surface area (Å²) in [6, 6.07) is 11.2. The molecule has 0 bridgehead atoms. The number of hydrogen-bond acceptors (Lipinski definition) is 5. The molecule has 28 heavy (non-hydrogen) atoms. The van der Waals surface area contributed by atoms with Crippen molar-refractivity contribution < 1.29 is 19.2 Å². The molecule has 8 heteroatoms. The molecule has 2 aromatic rings. The van der Waals surface area contributed by atoms with Gasteiger partial charge in [-0.05, 0) is 42.7 Å². The summed E-state index contributed by atoms with van der Waals surface area (Å²) in [7, 11) is 1.33. The normalized spacial score (nSPS) is 13.2. The minimum absolute atomic E-state index is 0.00328. The minimum atomic E-state index is -0.594. The van der Waals surface area contributed by atoms with Crippen molar-refractivity contribution in [2.75, 3.05) is 20.2 Å². The van der Waals surface area contributed by atoms with Crippen LogP contribution in [-0.2, 0) is 6.54 Å². The Bertz CT molecular complexity index is 906. The molecule has 0 aliphatic carbocycles. The van der Waals surface area contributed by atoms with Crippen LogP contribution in [0.3, 0.4) is 0 Å². The van der Waals surface area contributed by atoms with E-state index in [2.05, 4.69) is 5.32 Å². The Morgan fingerprint density at radius 3 is 2.57 bits per heavy atom. The lowest BCUT2D eigenvalue weighted by atomic mass is 10.1. The molecule has 2 amide bonds. The molecule has 0 saturated carbocycles. The smallest absolute Gasteiger partial charge is 0.311 e. The van der Waals surface area contributed by atoms with Crippen molar-refractivity contribution in [2.24, 2.45) is 0 Å². The highest BCUT2D eigenvalue weighted by Crippen LogP contribution is 2.27. The van der Waals surface area contributed by atoms with E-state index in [1.165, 1.54) is 25.3 Å². The molecule has 0 radical (unpaired) electrons. The molecule has 1 heterocycles. The molecule has 1 N–H and O–H groups in total. The van der Waals surface area contributed by atoms with Crippen LogP contribution in [0, 0.1) is 10.1 Å². The fraction of sp³-hybridized carbons (Fsp3) is 0.300. The van der Waals surface area contributed by atoms with Crippen molar-refractivity contribution in [1.29, 1.82) is 0 Å². The van der Waals surface area contributed by atoms with Crippen molar-refractivity contribution in [3.05, 3.63) is 69.3 Å². The van der Waals surface area contributed by atoms with Gasteiger partial charge < -0.3 is 15.0 Å². The number of nitro benzene ring substituents is 1. The first-order chi connectivity index (χ1) is 13.5. The molecule has 146 valence electrons. The standard InChI is InChI=1S/C20H21N3O5/c1-28-18-8-7-15(12-17(18)23(26)27)19(24)21-13-14-5-4-6-16(11-14)20(25)22-9-2-3-10-22/h4-8,11-12H,2-3,9-10,13H2,1H3,(H,21,24). The van der Waals surface area contributed by atoms with Crippen LogP contribution in [-0.4, -0.2) is 41.8 Å². The van der Waals surface area contributed by atoms with Crippen molar-refractivity contribution in [1.82, 2.24) is 10.2 Å². The van der Waals surface area contributed by atoms with Gasteiger partial charge in [-0.1, -0.05) is 12.1 Å². The van der Waals surface area contributed by atoms with Gasteiger partial charge in [0.1, 0.15) is 0 Å². The molecular weight excluding hydrogens is 362 g/mol. The minimum Gasteiger partial charge on any atom is -0.490 e. The number of benzene rings is 2. The van der Waals surface area contributed by atoms with E-state index < -0.39 is 10.8 Å². The molecule has 1 aliphatic rings. The van der Waals surface area contributed by atoms with E-state index in [1.807, 2.05) is 11.0 Å². The number of nitro groups is 1. The fourth-order valence-corrected chi connectivity index (χ4v) is 3.18. The number of nitrogens with zero attached hydrogens (tertiary/aromatic N) is 2. The lowest BCUT2D eigenvalue weighted by molar-refractivity contribution is -0.385. The van der Waals surface area contributed by atoms with Crippen molar-refractivity contribution >= 4 is 17.5 Å². The molecule has 1 saturated heterocycles. The van der Waals surface area contributed by atoms with Crippen LogP contribution in [0.15, 0.2) is 42.5 Å². The fourth-order valence-electron chi connectivity index (χ4n) is 3.18. The molecular formula is C20H21N3O5. The average Bonchev–Trinajstić information content (AvgIpc) is 3.26. The van der Waals surface area contributed by atoms with Gasteiger partial charge in [0.15, 0.2) is 5.75 Å². The van der Waals surface area contributed by atoms with Crippen LogP contribution in [0.25, 0.3) is 0 Å². The predicted molar refractivity (Wildman–Crippen MR) is 102 cm³/mol. The number of carbonyl (C=O) groups is 2. The molecule has 1 aliphatic heterocycles. The number of methoxy groups -OCH3 is 1. The monoisotopic (exact) mass is 383 g/mol. The Balaban J connectivity index is 1.68. The van der Waals surface area contributed by atoms with Gasteiger partial charge >= 0.3 is 5.69 Å². The number of likely N-dealkylation sites (tertiary alicyclic amines) is 1. The summed E-state index contributed by atoms with van der Waals surface area (Å²) < 4.78 is 4.94. The Kier molecular flexibility index (Phi) is 5.88. The van der Waals surface area contributed by atoms with Gasteiger partial charge in [0.05, 0.1) is 12.0 Å². The zero-order valence-corrected chi connectivity index (χ0v) is 15.5. The van der Waals surface area contributed by atoms with Crippen LogP contribution in [0.5, 0.6) is 5.75 Å². The molecule has 0 aromatic heterocycles. The van der Waals surface area contributed by atoms with E-state index in [4.69, 9.17) is 4.74 Å². The van der Waals surface area contributed by atoms with Crippen LogP contribution >= 0.6 is 0 Å². The summed E-state index contributed by atoms with van der Waals surface area (Å²) in [5.74, 6) is -0.354. The molecule has 1 fully saturated rings. The van der Waals surface area contributed by atoms with Gasteiger partial charge in [-0.3, -0.25) is 19.7 Å². The van der Waals surface area contributed by atoms with Crippen LogP contribution < -0.4 is 10.1 Å². The van der Waals surface area contributed by atoms with Gasteiger partial charge in [-0.15, -0.1) is 0 Å². The Hall–Kier alpha value is -3.42. The summed E-state index contributed by atoms with van der Waals surface area (Å²) in [6.07, 6.45) is 2.05. The number of hydrogen-bond donors (Lipinski definition) is 1. The summed E-state index contributed by atoms with van der Waals surface area (Å²) in [4.78, 5) is 37.2. The van der Waals surface area contributed by atoms with E-state index >= 15 is 0 Å². The highest BCUT2D eigenvalue weighted by atomic mass is 16.6. The third kappa shape index (κ3) is 4.28. The Morgan fingerprint density at radius 2 is 1.89 bits per heavy atom. The maximum Gasteiger partial charge on any atom is 0.311 e. The quantitative estimate of drug-likeness (QED) is 0.610. The SMILES string of the molecule is COc1ccc(C(=O)NCc2cccc(C(=O)N3CCCC3)c2)cc1[N+](=O)[O-]. The first kappa shape index (κ1) is 19.3. The van der Waals surface area contributed by atoms with Crippen LogP contribution in [0.1, 0.15) is 39.1 Å². The first-order valence-corrected chi connectivity index (χ1v) is 8.98. The van der Waals surface area contributed by atoms with Crippen LogP contribution in [0.4, 0.5) is 5.69 Å². The van der Waals surface area contributed by atoms with Gasteiger partial charge in [0.25, 0.3) is 11.8 Å². The third-order valence-corrected chi connectivity index (χ3v) is 4.66. The Labute approximate surface area is 162 Å². The molecule has 8 nitrogen and oxygen atoms in total. The summed E-state index contributed by atoms with van der Waals surface area (Å²) in [6.45, 7) is 1.76. The lowest BCUT2D eigenvalue weighted by Gasteiger charge is -2.15. The first-order valence-electron chi connectivity index (χ1n) is 8.98. The predicted octanol–water partition coefficient (Wildman–Crippen LogP) is 2.77. The second kappa shape index (κ2) is 8.51. The molecule has 3 rings (SSSR count). The number of ether oxygens (including phenoxy) is 1. The highest BCUT2D eigenvalue weighted by Gasteiger charge is 2.20. The molecule has 0 atom stereocenters. The van der Waals surface area contributed by atoms with Crippen molar-refractivity contribution in [2.45, 2.75) is 19.4 Å². The molecule has 0 unspecified atom stereocenters. The average molecular weight is 383 g/mol. The van der Waals surface area contributed by atoms with Gasteiger partial charge in [0.2, 0.25) is 0 Å². The van der Waals surface area contributed by atoms with E-state index in [9.17, 15) is 19.7 Å². The third-order valence-electron chi connectivity index (χ3n) is 4.66. The largest absolute Gasteiger partial charge is 0.490 e. The van der Waals surface area contributed by atoms with Crippen LogP contribution in [0.2, 0.25) is 0 Å². The lowest BCUT2D eigenvalue weighted by Crippen LogP contribution is -2.28. The van der Waals surface area contributed by atoms with E-state index in [0.29, 0.717) is 5.56 Å². The maximum atomic E-state index is 12.5. The molecule has 0 spiro atoms. The zero-order valence-electron chi connectivity index (χ0n) is 15.5. The number of amides is 2. The van der Waals surface area contributed by atoms with E-state index in [1.54, 1.807) is 18.2 Å². The number of rotatable bonds is 6.